The minimum Gasteiger partial charge on any atom is -0.320 e. The quantitative estimate of drug-likeness (QED) is 0.862. The first-order chi connectivity index (χ1) is 11.2. The van der Waals surface area contributed by atoms with Gasteiger partial charge in [0, 0.05) is 17.3 Å². The van der Waals surface area contributed by atoms with Crippen molar-refractivity contribution in [2.45, 2.75) is 31.7 Å². The van der Waals surface area contributed by atoms with Crippen LogP contribution in [0.15, 0.2) is 24.3 Å². The molecule has 1 unspecified atom stereocenters. The van der Waals surface area contributed by atoms with Crippen LogP contribution in [0.5, 0.6) is 0 Å². The Bertz CT molecular complexity index is 547. The fourth-order valence-electron chi connectivity index (χ4n) is 3.81. The van der Waals surface area contributed by atoms with E-state index in [1.807, 2.05) is 36.2 Å². The molecule has 0 bridgehead atoms. The van der Waals surface area contributed by atoms with Crippen LogP contribution in [-0.4, -0.2) is 50.1 Å². The second-order valence-corrected chi connectivity index (χ2v) is 7.08. The molecule has 6 heteroatoms. The topological polar surface area (TPSA) is 35.6 Å². The zero-order chi connectivity index (χ0) is 16.2. The fourth-order valence-corrected chi connectivity index (χ4v) is 3.99. The highest BCUT2D eigenvalue weighted by atomic mass is 35.5. The molecule has 4 nitrogen and oxygen atoms in total. The number of piperidine rings is 1. The first-order valence-corrected chi connectivity index (χ1v) is 9.02. The molecule has 0 spiro atoms. The van der Waals surface area contributed by atoms with Crippen molar-refractivity contribution >= 4 is 35.6 Å². The van der Waals surface area contributed by atoms with Gasteiger partial charge in [-0.1, -0.05) is 17.7 Å². The molecule has 24 heavy (non-hydrogen) atoms. The van der Waals surface area contributed by atoms with Crippen molar-refractivity contribution in [3.05, 3.63) is 29.3 Å². The average molecular weight is 372 g/mol. The Morgan fingerprint density at radius 1 is 1.21 bits per heavy atom. The fraction of sp³-hybridized carbons (Fsp3) is 0.611. The van der Waals surface area contributed by atoms with Crippen LogP contribution in [0, 0.1) is 5.92 Å². The van der Waals surface area contributed by atoms with E-state index in [9.17, 15) is 4.79 Å². The first kappa shape index (κ1) is 19.5. The molecule has 3 rings (SSSR count). The molecule has 1 aromatic rings. The van der Waals surface area contributed by atoms with Gasteiger partial charge in [0.15, 0.2) is 0 Å². The van der Waals surface area contributed by atoms with Crippen LogP contribution >= 0.6 is 24.0 Å². The molecule has 1 amide bonds. The smallest absolute Gasteiger partial charge is 0.244 e. The molecule has 2 fully saturated rings. The van der Waals surface area contributed by atoms with E-state index in [1.54, 1.807) is 0 Å². The largest absolute Gasteiger partial charge is 0.320 e. The van der Waals surface area contributed by atoms with Crippen LogP contribution in [0.25, 0.3) is 0 Å². The van der Waals surface area contributed by atoms with Crippen LogP contribution in [0.4, 0.5) is 5.69 Å². The van der Waals surface area contributed by atoms with Gasteiger partial charge >= 0.3 is 0 Å². The van der Waals surface area contributed by atoms with Crippen molar-refractivity contribution in [3.63, 3.8) is 0 Å². The summed E-state index contributed by atoms with van der Waals surface area (Å²) in [6, 6.07) is 7.66. The van der Waals surface area contributed by atoms with Crippen molar-refractivity contribution < 1.29 is 4.79 Å². The number of hydrogen-bond acceptors (Lipinski definition) is 3. The zero-order valence-electron chi connectivity index (χ0n) is 14.2. The highest BCUT2D eigenvalue weighted by Gasteiger charge is 2.37. The number of rotatable bonds is 5. The standard InChI is InChI=1S/C18H26ClN3O.ClH/c1-20-9-5-14-6-10-21(11-7-14)17-8-12-22(18(17)23)16-4-2-3-15(19)13-16;/h2-4,13-14,17,20H,5-12H2,1H3;1H. The number of hydrogen-bond donors (Lipinski definition) is 1. The van der Waals surface area contributed by atoms with Gasteiger partial charge in [-0.25, -0.2) is 0 Å². The number of nitrogens with zero attached hydrogens (tertiary/aromatic N) is 2. The summed E-state index contributed by atoms with van der Waals surface area (Å²) in [7, 11) is 2.01. The number of likely N-dealkylation sites (tertiary alicyclic amines) is 1. The molecule has 1 N–H and O–H groups in total. The maximum absolute atomic E-state index is 12.8. The lowest BCUT2D eigenvalue weighted by Gasteiger charge is -2.35. The van der Waals surface area contributed by atoms with Crippen LogP contribution in [0.2, 0.25) is 5.02 Å². The van der Waals surface area contributed by atoms with Gasteiger partial charge in [0.05, 0.1) is 6.04 Å². The minimum absolute atomic E-state index is 0. The van der Waals surface area contributed by atoms with Gasteiger partial charge in [-0.05, 0) is 76.5 Å². The van der Waals surface area contributed by atoms with E-state index in [-0.39, 0.29) is 24.4 Å². The van der Waals surface area contributed by atoms with Gasteiger partial charge in [-0.15, -0.1) is 12.4 Å². The van der Waals surface area contributed by atoms with Gasteiger partial charge in [-0.3, -0.25) is 9.69 Å². The number of amides is 1. The van der Waals surface area contributed by atoms with E-state index in [1.165, 1.54) is 19.3 Å². The van der Waals surface area contributed by atoms with Gasteiger partial charge in [0.1, 0.15) is 0 Å². The van der Waals surface area contributed by atoms with E-state index >= 15 is 0 Å². The number of halogens is 2. The van der Waals surface area contributed by atoms with Gasteiger partial charge in [0.2, 0.25) is 5.91 Å². The summed E-state index contributed by atoms with van der Waals surface area (Å²) in [5.74, 6) is 1.04. The van der Waals surface area contributed by atoms with Crippen molar-refractivity contribution in [3.8, 4) is 0 Å². The molecule has 2 saturated heterocycles. The summed E-state index contributed by atoms with van der Waals surface area (Å²) in [6.45, 7) is 3.99. The van der Waals surface area contributed by atoms with Crippen molar-refractivity contribution in [2.24, 2.45) is 5.92 Å². The Morgan fingerprint density at radius 3 is 2.62 bits per heavy atom. The molecule has 2 aliphatic heterocycles. The lowest BCUT2D eigenvalue weighted by atomic mass is 9.92. The number of nitrogens with one attached hydrogen (secondary N) is 1. The van der Waals surface area contributed by atoms with E-state index in [0.29, 0.717) is 5.02 Å². The number of carbonyl (C=O) groups excluding carboxylic acids is 1. The highest BCUT2D eigenvalue weighted by Crippen LogP contribution is 2.29. The van der Waals surface area contributed by atoms with Crippen molar-refractivity contribution in [1.82, 2.24) is 10.2 Å². The second kappa shape index (κ2) is 9.04. The summed E-state index contributed by atoms with van der Waals surface area (Å²) in [5.41, 5.74) is 0.925. The maximum Gasteiger partial charge on any atom is 0.244 e. The molecule has 0 saturated carbocycles. The van der Waals surface area contributed by atoms with E-state index in [4.69, 9.17) is 11.6 Å². The number of benzene rings is 1. The summed E-state index contributed by atoms with van der Waals surface area (Å²) in [4.78, 5) is 17.1. The third kappa shape index (κ3) is 4.42. The molecule has 0 aromatic heterocycles. The van der Waals surface area contributed by atoms with E-state index < -0.39 is 0 Å². The molecule has 1 atom stereocenters. The third-order valence-electron chi connectivity index (χ3n) is 5.19. The second-order valence-electron chi connectivity index (χ2n) is 6.65. The van der Waals surface area contributed by atoms with E-state index in [2.05, 4.69) is 10.2 Å². The Labute approximate surface area is 155 Å². The monoisotopic (exact) mass is 371 g/mol. The maximum atomic E-state index is 12.8. The van der Waals surface area contributed by atoms with Crippen LogP contribution in [-0.2, 0) is 4.79 Å². The molecular weight excluding hydrogens is 345 g/mol. The Morgan fingerprint density at radius 2 is 1.96 bits per heavy atom. The summed E-state index contributed by atoms with van der Waals surface area (Å²) in [6.07, 6.45) is 4.59. The van der Waals surface area contributed by atoms with E-state index in [0.717, 1.165) is 44.2 Å². The molecule has 1 aromatic carbocycles. The Kier molecular flexibility index (Phi) is 7.35. The van der Waals surface area contributed by atoms with Crippen LogP contribution in [0.1, 0.15) is 25.7 Å². The number of anilines is 1. The summed E-state index contributed by atoms with van der Waals surface area (Å²) < 4.78 is 0. The molecule has 0 aliphatic carbocycles. The molecule has 134 valence electrons. The predicted molar refractivity (Wildman–Crippen MR) is 102 cm³/mol. The van der Waals surface area contributed by atoms with Gasteiger partial charge < -0.3 is 10.2 Å². The number of carbonyl (C=O) groups is 1. The molecule has 2 heterocycles. The minimum atomic E-state index is 0. The zero-order valence-corrected chi connectivity index (χ0v) is 15.8. The van der Waals surface area contributed by atoms with Crippen molar-refractivity contribution in [1.29, 1.82) is 0 Å². The van der Waals surface area contributed by atoms with Gasteiger partial charge in [0.25, 0.3) is 0 Å². The molecular formula is C18H27Cl2N3O. The van der Waals surface area contributed by atoms with Crippen LogP contribution in [0.3, 0.4) is 0 Å². The molecule has 2 aliphatic rings. The Balaban J connectivity index is 0.00000208. The SMILES string of the molecule is CNCCC1CCN(C2CCN(c3cccc(Cl)c3)C2=O)CC1.Cl. The lowest BCUT2D eigenvalue weighted by molar-refractivity contribution is -0.122. The summed E-state index contributed by atoms with van der Waals surface area (Å²) >= 11 is 6.06. The Hall–Kier alpha value is -0.810. The third-order valence-corrected chi connectivity index (χ3v) is 5.42. The van der Waals surface area contributed by atoms with Crippen molar-refractivity contribution in [2.75, 3.05) is 38.1 Å². The molecule has 0 radical (unpaired) electrons. The average Bonchev–Trinajstić information content (AvgIpc) is 2.95. The normalized spacial score (nSPS) is 22.7. The first-order valence-electron chi connectivity index (χ1n) is 8.64. The van der Waals surface area contributed by atoms with Crippen LogP contribution < -0.4 is 10.2 Å². The summed E-state index contributed by atoms with van der Waals surface area (Å²) in [5, 5.41) is 3.92. The lowest BCUT2D eigenvalue weighted by Crippen LogP contribution is -2.46. The predicted octanol–water partition coefficient (Wildman–Crippen LogP) is 3.19. The van der Waals surface area contributed by atoms with Gasteiger partial charge in [-0.2, -0.15) is 0 Å². The highest BCUT2D eigenvalue weighted by molar-refractivity contribution is 6.30.